The zero-order valence-electron chi connectivity index (χ0n) is 27.3. The second-order valence-corrected chi connectivity index (χ2v) is 19.2. The first kappa shape index (κ1) is 33.1. The lowest BCUT2D eigenvalue weighted by atomic mass is 9.47. The third-order valence-electron chi connectivity index (χ3n) is 12.2. The third-order valence-corrected chi connectivity index (χ3v) is 14.8. The highest BCUT2D eigenvalue weighted by molar-refractivity contribution is 7.96. The number of benzene rings is 1. The van der Waals surface area contributed by atoms with Crippen molar-refractivity contribution in [3.8, 4) is 0 Å². The Morgan fingerprint density at radius 2 is 1.63 bits per heavy atom. The number of rotatable bonds is 7. The van der Waals surface area contributed by atoms with Crippen LogP contribution in [0.25, 0.3) is 0 Å². The van der Waals surface area contributed by atoms with Gasteiger partial charge >= 0.3 is 0 Å². The molecule has 0 amide bonds. The SMILES string of the molecule is CC(C)CCCC(C)C1CCC2C3CC=C4CC([S+](C)C)CCC4(C)C3CCC12C.Cc1ccc(S(=O)(=O)O)cc1. The fraction of sp³-hybridized carbons (Fsp3) is 0.778. The van der Waals surface area contributed by atoms with Crippen LogP contribution < -0.4 is 0 Å². The van der Waals surface area contributed by atoms with E-state index in [2.05, 4.69) is 53.2 Å². The third kappa shape index (κ3) is 7.14. The van der Waals surface area contributed by atoms with E-state index in [1.165, 1.54) is 82.8 Å². The quantitative estimate of drug-likeness (QED) is 0.192. The van der Waals surface area contributed by atoms with Crippen LogP contribution in [0.5, 0.6) is 0 Å². The molecule has 41 heavy (non-hydrogen) atoms. The first-order chi connectivity index (χ1) is 19.2. The van der Waals surface area contributed by atoms with Gasteiger partial charge in [0.15, 0.2) is 0 Å². The Bertz CT molecular complexity index is 1150. The van der Waals surface area contributed by atoms with Gasteiger partial charge in [0.05, 0.1) is 17.4 Å². The maximum absolute atomic E-state index is 10.5. The smallest absolute Gasteiger partial charge is 0.282 e. The van der Waals surface area contributed by atoms with Gasteiger partial charge in [0.25, 0.3) is 10.1 Å². The van der Waals surface area contributed by atoms with E-state index >= 15 is 0 Å². The Hall–Kier alpha value is -0.780. The van der Waals surface area contributed by atoms with Crippen LogP contribution in [-0.4, -0.2) is 30.7 Å². The molecule has 3 saturated carbocycles. The van der Waals surface area contributed by atoms with Gasteiger partial charge in [-0.05, 0) is 121 Å². The van der Waals surface area contributed by atoms with Crippen LogP contribution in [0.4, 0.5) is 0 Å². The zero-order valence-corrected chi connectivity index (χ0v) is 28.9. The van der Waals surface area contributed by atoms with Crippen LogP contribution in [0.3, 0.4) is 0 Å². The molecule has 8 unspecified atom stereocenters. The summed E-state index contributed by atoms with van der Waals surface area (Å²) >= 11 is 0. The fourth-order valence-corrected chi connectivity index (χ4v) is 11.3. The van der Waals surface area contributed by atoms with E-state index in [1.807, 2.05) is 12.5 Å². The van der Waals surface area contributed by atoms with Gasteiger partial charge in [-0.25, -0.2) is 0 Å². The number of fused-ring (bicyclic) bond motifs is 5. The average Bonchev–Trinajstić information content (AvgIpc) is 3.25. The predicted octanol–water partition coefficient (Wildman–Crippen LogP) is 9.52. The van der Waals surface area contributed by atoms with Crippen LogP contribution in [0, 0.1) is 53.3 Å². The van der Waals surface area contributed by atoms with E-state index < -0.39 is 10.1 Å². The Morgan fingerprint density at radius 3 is 2.24 bits per heavy atom. The predicted molar refractivity (Wildman–Crippen MR) is 177 cm³/mol. The van der Waals surface area contributed by atoms with Gasteiger partial charge in [-0.2, -0.15) is 8.42 Å². The Kier molecular flexibility index (Phi) is 10.6. The largest absolute Gasteiger partial charge is 0.294 e. The first-order valence-electron chi connectivity index (χ1n) is 16.5. The molecule has 5 rings (SSSR count). The van der Waals surface area contributed by atoms with Crippen molar-refractivity contribution in [1.29, 1.82) is 0 Å². The molecule has 0 bridgehead atoms. The van der Waals surface area contributed by atoms with Crippen LogP contribution in [0.1, 0.15) is 111 Å². The highest BCUT2D eigenvalue weighted by Crippen LogP contribution is 2.67. The van der Waals surface area contributed by atoms with E-state index in [9.17, 15) is 8.42 Å². The molecule has 4 aliphatic carbocycles. The number of allylic oxidation sites excluding steroid dienone is 2. The molecule has 5 heteroatoms. The fourth-order valence-electron chi connectivity index (χ4n) is 9.76. The van der Waals surface area contributed by atoms with Gasteiger partial charge < -0.3 is 0 Å². The van der Waals surface area contributed by atoms with Gasteiger partial charge in [-0.3, -0.25) is 4.55 Å². The summed E-state index contributed by atoms with van der Waals surface area (Å²) < 4.78 is 29.6. The van der Waals surface area contributed by atoms with Gasteiger partial charge in [0, 0.05) is 6.42 Å². The molecule has 1 aromatic carbocycles. The van der Waals surface area contributed by atoms with Crippen LogP contribution in [0.15, 0.2) is 40.8 Å². The molecule has 232 valence electrons. The van der Waals surface area contributed by atoms with E-state index in [0.29, 0.717) is 21.7 Å². The second kappa shape index (κ2) is 13.1. The maximum Gasteiger partial charge on any atom is 0.294 e. The summed E-state index contributed by atoms with van der Waals surface area (Å²) in [6.07, 6.45) is 24.0. The molecule has 1 aromatic rings. The van der Waals surface area contributed by atoms with Crippen molar-refractivity contribution in [1.82, 2.24) is 0 Å². The minimum atomic E-state index is -4.02. The van der Waals surface area contributed by atoms with Crippen molar-refractivity contribution in [3.63, 3.8) is 0 Å². The van der Waals surface area contributed by atoms with Gasteiger partial charge in [-0.15, -0.1) is 0 Å². The summed E-state index contributed by atoms with van der Waals surface area (Å²) in [5, 5.41) is 0.970. The van der Waals surface area contributed by atoms with E-state index in [-0.39, 0.29) is 4.90 Å². The highest BCUT2D eigenvalue weighted by atomic mass is 32.2. The van der Waals surface area contributed by atoms with Crippen LogP contribution in [0.2, 0.25) is 0 Å². The molecule has 3 fully saturated rings. The van der Waals surface area contributed by atoms with Crippen molar-refractivity contribution in [2.45, 2.75) is 122 Å². The summed E-state index contributed by atoms with van der Waals surface area (Å²) in [4.78, 5) is -0.0666. The van der Waals surface area contributed by atoms with Crippen LogP contribution in [-0.2, 0) is 21.0 Å². The normalized spacial score (nSPS) is 35.6. The highest BCUT2D eigenvalue weighted by Gasteiger charge is 2.59. The Labute approximate surface area is 255 Å². The van der Waals surface area contributed by atoms with Gasteiger partial charge in [0.2, 0.25) is 0 Å². The molecule has 0 saturated heterocycles. The summed E-state index contributed by atoms with van der Waals surface area (Å²) in [5.41, 5.74) is 4.02. The zero-order chi connectivity index (χ0) is 30.2. The lowest BCUT2D eigenvalue weighted by Crippen LogP contribution is -2.51. The maximum atomic E-state index is 10.5. The molecule has 0 aliphatic heterocycles. The summed E-state index contributed by atoms with van der Waals surface area (Å²) in [5.74, 6) is 5.78. The van der Waals surface area contributed by atoms with Crippen molar-refractivity contribution in [2.75, 3.05) is 12.5 Å². The molecule has 4 aliphatic rings. The molecule has 3 nitrogen and oxygen atoms in total. The average molecular weight is 604 g/mol. The lowest BCUT2D eigenvalue weighted by Gasteiger charge is -2.58. The molecule has 8 atom stereocenters. The molecule has 0 aromatic heterocycles. The molecule has 0 spiro atoms. The van der Waals surface area contributed by atoms with Crippen molar-refractivity contribution in [3.05, 3.63) is 41.5 Å². The van der Waals surface area contributed by atoms with Crippen molar-refractivity contribution in [2.24, 2.45) is 46.3 Å². The summed E-state index contributed by atoms with van der Waals surface area (Å²) in [7, 11) is -3.43. The molecule has 1 N–H and O–H groups in total. The Morgan fingerprint density at radius 1 is 0.951 bits per heavy atom. The number of hydrogen-bond acceptors (Lipinski definition) is 2. The number of aryl methyl sites for hydroxylation is 1. The van der Waals surface area contributed by atoms with Crippen molar-refractivity contribution < 1.29 is 13.0 Å². The minimum absolute atomic E-state index is 0.0666. The van der Waals surface area contributed by atoms with E-state index in [0.717, 1.165) is 46.3 Å². The molecule has 0 radical (unpaired) electrons. The van der Waals surface area contributed by atoms with Crippen molar-refractivity contribution >= 4 is 21.0 Å². The van der Waals surface area contributed by atoms with Gasteiger partial charge in [-0.1, -0.05) is 83.2 Å². The molecular weight excluding hydrogens is 545 g/mol. The van der Waals surface area contributed by atoms with Gasteiger partial charge in [0.1, 0.15) is 5.25 Å². The molecule has 0 heterocycles. The standard InChI is InChI=1S/C29H51S.C7H8O3S/c1-20(2)9-8-10-21(3)25-13-14-26-24-12-11-22-19-23(30(6)7)15-17-28(22,4)27(24)16-18-29(25,26)5;1-6-2-4-7(5-3-6)11(8,9)10/h11,20-21,23-27H,8-10,12-19H2,1-7H3;2-5H,1H3,(H,8,9,10)/q+1;. The second-order valence-electron chi connectivity index (χ2n) is 15.3. The number of hydrogen-bond donors (Lipinski definition) is 1. The Balaban J connectivity index is 0.000000296. The van der Waals surface area contributed by atoms with E-state index in [4.69, 9.17) is 4.55 Å². The monoisotopic (exact) mass is 603 g/mol. The van der Waals surface area contributed by atoms with Crippen LogP contribution >= 0.6 is 0 Å². The van der Waals surface area contributed by atoms with E-state index in [1.54, 1.807) is 12.1 Å². The topological polar surface area (TPSA) is 54.4 Å². The first-order valence-corrected chi connectivity index (χ1v) is 20.0. The molecular formula is C36H59O3S2+. The minimum Gasteiger partial charge on any atom is -0.282 e. The summed E-state index contributed by atoms with van der Waals surface area (Å²) in [6.45, 7) is 14.7. The summed E-state index contributed by atoms with van der Waals surface area (Å²) in [6, 6.07) is 5.99. The lowest BCUT2D eigenvalue weighted by molar-refractivity contribution is -0.0497.